The molecule has 0 aliphatic heterocycles. The van der Waals surface area contributed by atoms with Crippen LogP contribution < -0.4 is 0 Å². The first kappa shape index (κ1) is 18.2. The summed E-state index contributed by atoms with van der Waals surface area (Å²) in [6, 6.07) is 22.0. The quantitative estimate of drug-likeness (QED) is 0.425. The van der Waals surface area contributed by atoms with Gasteiger partial charge < -0.3 is 0 Å². The highest BCUT2D eigenvalue weighted by Gasteiger charge is 2.05. The lowest BCUT2D eigenvalue weighted by Gasteiger charge is -2.04. The second kappa shape index (κ2) is 8.65. The molecule has 0 atom stereocenters. The number of rotatable bonds is 4. The summed E-state index contributed by atoms with van der Waals surface area (Å²) in [5.41, 5.74) is 4.56. The SMILES string of the molecule is C=CCCc1ccc(C#Cc2ccc(-c3ccc(C#N)cc3)c(F)c2)cc1. The van der Waals surface area contributed by atoms with E-state index >= 15 is 0 Å². The van der Waals surface area contributed by atoms with Gasteiger partial charge in [0.25, 0.3) is 0 Å². The third kappa shape index (κ3) is 4.72. The minimum Gasteiger partial charge on any atom is -0.206 e. The maximum Gasteiger partial charge on any atom is 0.132 e. The molecule has 0 aliphatic rings. The molecule has 27 heavy (non-hydrogen) atoms. The molecular formula is C25H18FN. The highest BCUT2D eigenvalue weighted by molar-refractivity contribution is 5.66. The Morgan fingerprint density at radius 2 is 1.48 bits per heavy atom. The topological polar surface area (TPSA) is 23.8 Å². The van der Waals surface area contributed by atoms with E-state index in [1.165, 1.54) is 11.6 Å². The van der Waals surface area contributed by atoms with E-state index in [9.17, 15) is 4.39 Å². The number of halogens is 1. The molecule has 0 aromatic heterocycles. The van der Waals surface area contributed by atoms with Gasteiger partial charge in [-0.05, 0) is 60.4 Å². The van der Waals surface area contributed by atoms with E-state index < -0.39 is 0 Å². The van der Waals surface area contributed by atoms with Crippen molar-refractivity contribution in [2.24, 2.45) is 0 Å². The monoisotopic (exact) mass is 351 g/mol. The number of hydrogen-bond donors (Lipinski definition) is 0. The molecule has 0 aliphatic carbocycles. The zero-order valence-corrected chi connectivity index (χ0v) is 14.9. The maximum atomic E-state index is 14.5. The van der Waals surface area contributed by atoms with Crippen molar-refractivity contribution in [2.75, 3.05) is 0 Å². The van der Waals surface area contributed by atoms with Crippen molar-refractivity contribution in [3.05, 3.63) is 107 Å². The fourth-order valence-electron chi connectivity index (χ4n) is 2.72. The second-order valence-electron chi connectivity index (χ2n) is 6.16. The summed E-state index contributed by atoms with van der Waals surface area (Å²) in [4.78, 5) is 0. The normalized spacial score (nSPS) is 9.78. The molecule has 0 radical (unpaired) electrons. The Hall–Kier alpha value is -3.62. The maximum absolute atomic E-state index is 14.5. The summed E-state index contributed by atoms with van der Waals surface area (Å²) >= 11 is 0. The van der Waals surface area contributed by atoms with Crippen LogP contribution in [0.1, 0.15) is 28.7 Å². The van der Waals surface area contributed by atoms with Gasteiger partial charge in [0.1, 0.15) is 5.82 Å². The lowest BCUT2D eigenvalue weighted by molar-refractivity contribution is 0.631. The molecular weight excluding hydrogens is 333 g/mol. The van der Waals surface area contributed by atoms with Crippen molar-refractivity contribution in [3.8, 4) is 29.0 Å². The Morgan fingerprint density at radius 3 is 2.11 bits per heavy atom. The molecule has 0 saturated heterocycles. The van der Waals surface area contributed by atoms with E-state index in [4.69, 9.17) is 5.26 Å². The molecule has 0 unspecified atom stereocenters. The van der Waals surface area contributed by atoms with Crippen LogP contribution >= 0.6 is 0 Å². The van der Waals surface area contributed by atoms with Gasteiger partial charge in [-0.2, -0.15) is 5.26 Å². The van der Waals surface area contributed by atoms with E-state index in [2.05, 4.69) is 36.6 Å². The molecule has 0 spiro atoms. The molecule has 0 saturated carbocycles. The smallest absolute Gasteiger partial charge is 0.132 e. The Kier molecular flexibility index (Phi) is 5.83. The summed E-state index contributed by atoms with van der Waals surface area (Å²) in [6.45, 7) is 3.73. The molecule has 130 valence electrons. The van der Waals surface area contributed by atoms with Crippen molar-refractivity contribution < 1.29 is 4.39 Å². The molecule has 0 heterocycles. The molecule has 3 rings (SSSR count). The average molecular weight is 351 g/mol. The lowest BCUT2D eigenvalue weighted by atomic mass is 10.0. The van der Waals surface area contributed by atoms with Crippen LogP contribution in [0.2, 0.25) is 0 Å². The fourth-order valence-corrected chi connectivity index (χ4v) is 2.72. The Labute approximate surface area is 159 Å². The first-order valence-electron chi connectivity index (χ1n) is 8.71. The van der Waals surface area contributed by atoms with Gasteiger partial charge in [0, 0.05) is 16.7 Å². The first-order valence-corrected chi connectivity index (χ1v) is 8.71. The number of aryl methyl sites for hydroxylation is 1. The highest BCUT2D eigenvalue weighted by atomic mass is 19.1. The molecule has 2 heteroatoms. The van der Waals surface area contributed by atoms with E-state index in [1.54, 1.807) is 30.3 Å². The number of allylic oxidation sites excluding steroid dienone is 1. The van der Waals surface area contributed by atoms with Crippen molar-refractivity contribution in [1.82, 2.24) is 0 Å². The molecule has 0 amide bonds. The van der Waals surface area contributed by atoms with Crippen molar-refractivity contribution >= 4 is 0 Å². The minimum absolute atomic E-state index is 0.328. The van der Waals surface area contributed by atoms with Crippen molar-refractivity contribution in [3.63, 3.8) is 0 Å². The van der Waals surface area contributed by atoms with Crippen LogP contribution in [0, 0.1) is 29.0 Å². The second-order valence-corrected chi connectivity index (χ2v) is 6.16. The third-order valence-electron chi connectivity index (χ3n) is 4.24. The summed E-state index contributed by atoms with van der Waals surface area (Å²) in [5, 5.41) is 8.85. The molecule has 0 fully saturated rings. The standard InChI is InChI=1S/C25H18FN/c1-2-3-4-19-5-7-20(8-6-19)9-10-21-13-16-24(25(26)17-21)23-14-11-22(18-27)12-15-23/h2,5-8,11-17H,1,3-4H2. The zero-order valence-electron chi connectivity index (χ0n) is 14.9. The van der Waals surface area contributed by atoms with E-state index in [-0.39, 0.29) is 5.82 Å². The van der Waals surface area contributed by atoms with Crippen molar-refractivity contribution in [1.29, 1.82) is 5.26 Å². The van der Waals surface area contributed by atoms with Gasteiger partial charge in [-0.1, -0.05) is 48.2 Å². The van der Waals surface area contributed by atoms with Gasteiger partial charge in [-0.25, -0.2) is 4.39 Å². The Morgan fingerprint density at radius 1 is 0.852 bits per heavy atom. The van der Waals surface area contributed by atoms with Crippen LogP contribution in [-0.2, 0) is 6.42 Å². The molecule has 1 nitrogen and oxygen atoms in total. The van der Waals surface area contributed by atoms with Crippen LogP contribution in [0.4, 0.5) is 4.39 Å². The minimum atomic E-state index is -0.328. The van der Waals surface area contributed by atoms with Gasteiger partial charge in [0.05, 0.1) is 11.6 Å². The summed E-state index contributed by atoms with van der Waals surface area (Å²) in [6.07, 6.45) is 3.83. The predicted molar refractivity (Wildman–Crippen MR) is 107 cm³/mol. The number of nitrogens with zero attached hydrogens (tertiary/aromatic N) is 1. The zero-order chi connectivity index (χ0) is 19.1. The largest absolute Gasteiger partial charge is 0.206 e. The number of nitriles is 1. The summed E-state index contributed by atoms with van der Waals surface area (Å²) in [7, 11) is 0. The van der Waals surface area contributed by atoms with Gasteiger partial charge in [0.2, 0.25) is 0 Å². The van der Waals surface area contributed by atoms with Crippen LogP contribution in [0.5, 0.6) is 0 Å². The van der Waals surface area contributed by atoms with Gasteiger partial charge in [0.15, 0.2) is 0 Å². The van der Waals surface area contributed by atoms with Crippen LogP contribution in [-0.4, -0.2) is 0 Å². The summed E-state index contributed by atoms with van der Waals surface area (Å²) in [5.74, 6) is 5.76. The van der Waals surface area contributed by atoms with E-state index in [0.717, 1.165) is 24.0 Å². The van der Waals surface area contributed by atoms with Gasteiger partial charge >= 0.3 is 0 Å². The number of benzene rings is 3. The number of hydrogen-bond acceptors (Lipinski definition) is 1. The highest BCUT2D eigenvalue weighted by Crippen LogP contribution is 2.24. The van der Waals surface area contributed by atoms with E-state index in [0.29, 0.717) is 16.7 Å². The predicted octanol–water partition coefficient (Wildman–Crippen LogP) is 5.88. The fraction of sp³-hybridized carbons (Fsp3) is 0.0800. The molecule has 0 bridgehead atoms. The van der Waals surface area contributed by atoms with Gasteiger partial charge in [-0.3, -0.25) is 0 Å². The van der Waals surface area contributed by atoms with Crippen molar-refractivity contribution in [2.45, 2.75) is 12.8 Å². The third-order valence-corrected chi connectivity index (χ3v) is 4.24. The Balaban J connectivity index is 1.77. The average Bonchev–Trinajstić information content (AvgIpc) is 2.72. The molecule has 3 aromatic rings. The Bertz CT molecular complexity index is 1040. The van der Waals surface area contributed by atoms with Gasteiger partial charge in [-0.15, -0.1) is 6.58 Å². The van der Waals surface area contributed by atoms with E-state index in [1.807, 2.05) is 24.3 Å². The lowest BCUT2D eigenvalue weighted by Crippen LogP contribution is -1.87. The van der Waals surface area contributed by atoms with Crippen LogP contribution in [0.3, 0.4) is 0 Å². The van der Waals surface area contributed by atoms with Crippen LogP contribution in [0.15, 0.2) is 79.4 Å². The first-order chi connectivity index (χ1) is 13.2. The molecule has 3 aromatic carbocycles. The van der Waals surface area contributed by atoms with Crippen LogP contribution in [0.25, 0.3) is 11.1 Å². The summed E-state index contributed by atoms with van der Waals surface area (Å²) < 4.78 is 14.5. The molecule has 0 N–H and O–H groups in total.